The summed E-state index contributed by atoms with van der Waals surface area (Å²) in [5, 5.41) is 5.68. The van der Waals surface area contributed by atoms with E-state index < -0.39 is 0 Å². The summed E-state index contributed by atoms with van der Waals surface area (Å²) in [5.74, 6) is -0.359. The first-order valence-electron chi connectivity index (χ1n) is 8.79. The van der Waals surface area contributed by atoms with Crippen molar-refractivity contribution in [3.05, 3.63) is 52.4 Å². The molecule has 0 radical (unpaired) electrons. The molecule has 2 heterocycles. The molecule has 1 saturated heterocycles. The number of hydrogen-bond acceptors (Lipinski definition) is 5. The van der Waals surface area contributed by atoms with Gasteiger partial charge in [-0.15, -0.1) is 0 Å². The van der Waals surface area contributed by atoms with Gasteiger partial charge in [0.1, 0.15) is 0 Å². The average Bonchev–Trinajstić information content (AvgIpc) is 3.13. The number of benzene rings is 1. The highest BCUT2D eigenvalue weighted by atomic mass is 79.9. The summed E-state index contributed by atoms with van der Waals surface area (Å²) in [5.41, 5.74) is 1.02. The van der Waals surface area contributed by atoms with Crippen molar-refractivity contribution in [2.45, 2.75) is 13.0 Å². The maximum absolute atomic E-state index is 12.5. The predicted octanol–water partition coefficient (Wildman–Crippen LogP) is 2.74. The molecule has 1 aromatic carbocycles. The number of carbonyl (C=O) groups is 2. The van der Waals surface area contributed by atoms with Gasteiger partial charge in [-0.1, -0.05) is 6.07 Å². The number of carbonyl (C=O) groups excluding carboxylic acids is 2. The van der Waals surface area contributed by atoms with Gasteiger partial charge in [0.25, 0.3) is 11.8 Å². The van der Waals surface area contributed by atoms with E-state index >= 15 is 0 Å². The van der Waals surface area contributed by atoms with Crippen molar-refractivity contribution in [1.29, 1.82) is 0 Å². The monoisotopic (exact) mass is 435 g/mol. The molecule has 1 fully saturated rings. The van der Waals surface area contributed by atoms with E-state index in [1.807, 2.05) is 0 Å². The van der Waals surface area contributed by atoms with Crippen LogP contribution < -0.4 is 10.6 Å². The van der Waals surface area contributed by atoms with Gasteiger partial charge in [-0.2, -0.15) is 0 Å². The Morgan fingerprint density at radius 3 is 2.67 bits per heavy atom. The SMILES string of the molecule is CC(CNC(=O)c1cccc(NC(=O)c2ccc(Br)o2)c1)N1CCOCC1. The van der Waals surface area contributed by atoms with Crippen LogP contribution in [0.2, 0.25) is 0 Å². The quantitative estimate of drug-likeness (QED) is 0.728. The summed E-state index contributed by atoms with van der Waals surface area (Å²) in [7, 11) is 0. The first-order chi connectivity index (χ1) is 13.0. The van der Waals surface area contributed by atoms with Gasteiger partial charge in [0, 0.05) is 36.9 Å². The van der Waals surface area contributed by atoms with Crippen LogP contribution in [0.15, 0.2) is 45.5 Å². The second-order valence-electron chi connectivity index (χ2n) is 6.35. The van der Waals surface area contributed by atoms with E-state index in [9.17, 15) is 9.59 Å². The van der Waals surface area contributed by atoms with Gasteiger partial charge < -0.3 is 19.8 Å². The van der Waals surface area contributed by atoms with Crippen molar-refractivity contribution in [2.75, 3.05) is 38.2 Å². The molecule has 2 aromatic rings. The zero-order chi connectivity index (χ0) is 19.2. The lowest BCUT2D eigenvalue weighted by molar-refractivity contribution is 0.0204. The normalized spacial score (nSPS) is 15.9. The minimum atomic E-state index is -0.376. The Hall–Kier alpha value is -2.16. The zero-order valence-electron chi connectivity index (χ0n) is 15.0. The number of furan rings is 1. The van der Waals surface area contributed by atoms with Gasteiger partial charge >= 0.3 is 0 Å². The summed E-state index contributed by atoms with van der Waals surface area (Å²) in [6.45, 7) is 5.85. The third-order valence-electron chi connectivity index (χ3n) is 4.41. The molecule has 3 rings (SSSR count). The Labute approximate surface area is 166 Å². The molecular weight excluding hydrogens is 414 g/mol. The van der Waals surface area contributed by atoms with E-state index in [0.717, 1.165) is 26.3 Å². The zero-order valence-corrected chi connectivity index (χ0v) is 16.6. The maximum Gasteiger partial charge on any atom is 0.291 e. The Morgan fingerprint density at radius 1 is 1.19 bits per heavy atom. The summed E-state index contributed by atoms with van der Waals surface area (Å²) in [6, 6.07) is 10.3. The third-order valence-corrected chi connectivity index (χ3v) is 4.83. The van der Waals surface area contributed by atoms with Crippen LogP contribution in [0.3, 0.4) is 0 Å². The minimum absolute atomic E-state index is 0.174. The number of nitrogens with zero attached hydrogens (tertiary/aromatic N) is 1. The number of ether oxygens (including phenoxy) is 1. The van der Waals surface area contributed by atoms with Gasteiger partial charge in [-0.05, 0) is 53.2 Å². The van der Waals surface area contributed by atoms with E-state index in [-0.39, 0.29) is 23.6 Å². The summed E-state index contributed by atoms with van der Waals surface area (Å²) < 4.78 is 11.1. The molecule has 1 aliphatic rings. The molecule has 7 nitrogen and oxygen atoms in total. The van der Waals surface area contributed by atoms with Gasteiger partial charge in [0.2, 0.25) is 0 Å². The number of halogens is 1. The lowest BCUT2D eigenvalue weighted by Gasteiger charge is -2.32. The molecule has 1 aliphatic heterocycles. The summed E-state index contributed by atoms with van der Waals surface area (Å²) in [4.78, 5) is 26.9. The van der Waals surface area contributed by atoms with E-state index in [0.29, 0.717) is 22.5 Å². The smallest absolute Gasteiger partial charge is 0.291 e. The average molecular weight is 436 g/mol. The molecule has 8 heteroatoms. The van der Waals surface area contributed by atoms with Gasteiger partial charge in [-0.3, -0.25) is 14.5 Å². The first-order valence-corrected chi connectivity index (χ1v) is 9.59. The van der Waals surface area contributed by atoms with E-state index in [4.69, 9.17) is 9.15 Å². The molecule has 0 bridgehead atoms. The maximum atomic E-state index is 12.5. The van der Waals surface area contributed by atoms with Gasteiger partial charge in [0.05, 0.1) is 13.2 Å². The van der Waals surface area contributed by atoms with Crippen LogP contribution in [-0.4, -0.2) is 55.6 Å². The Balaban J connectivity index is 1.55. The fourth-order valence-electron chi connectivity index (χ4n) is 2.86. The first kappa shape index (κ1) is 19.6. The molecule has 1 aromatic heterocycles. The molecule has 1 unspecified atom stereocenters. The van der Waals surface area contributed by atoms with Crippen LogP contribution >= 0.6 is 15.9 Å². The van der Waals surface area contributed by atoms with Crippen LogP contribution in [0.25, 0.3) is 0 Å². The molecule has 27 heavy (non-hydrogen) atoms. The number of amides is 2. The molecule has 2 amide bonds. The van der Waals surface area contributed by atoms with E-state index in [1.165, 1.54) is 0 Å². The molecular formula is C19H22BrN3O4. The summed E-state index contributed by atoms with van der Waals surface area (Å²) >= 11 is 3.16. The van der Waals surface area contributed by atoms with E-state index in [1.54, 1.807) is 36.4 Å². The van der Waals surface area contributed by atoms with Crippen LogP contribution in [-0.2, 0) is 4.74 Å². The standard InChI is InChI=1S/C19H22BrN3O4/c1-13(23-7-9-26-10-8-23)12-21-18(24)14-3-2-4-15(11-14)22-19(25)16-5-6-17(20)27-16/h2-6,11,13H,7-10,12H2,1H3,(H,21,24)(H,22,25). The van der Waals surface area contributed by atoms with Gasteiger partial charge in [0.15, 0.2) is 10.4 Å². The van der Waals surface area contributed by atoms with Crippen molar-refractivity contribution in [1.82, 2.24) is 10.2 Å². The lowest BCUT2D eigenvalue weighted by atomic mass is 10.1. The summed E-state index contributed by atoms with van der Waals surface area (Å²) in [6.07, 6.45) is 0. The number of anilines is 1. The van der Waals surface area contributed by atoms with Gasteiger partial charge in [-0.25, -0.2) is 0 Å². The fraction of sp³-hybridized carbons (Fsp3) is 0.368. The third kappa shape index (κ3) is 5.41. The topological polar surface area (TPSA) is 83.8 Å². The second-order valence-corrected chi connectivity index (χ2v) is 7.13. The predicted molar refractivity (Wildman–Crippen MR) is 105 cm³/mol. The van der Waals surface area contributed by atoms with Crippen LogP contribution in [0, 0.1) is 0 Å². The number of rotatable bonds is 6. The molecule has 2 N–H and O–H groups in total. The van der Waals surface area contributed by atoms with Crippen molar-refractivity contribution >= 4 is 33.4 Å². The number of morpholine rings is 1. The Morgan fingerprint density at radius 2 is 1.96 bits per heavy atom. The van der Waals surface area contributed by atoms with Crippen molar-refractivity contribution in [3.63, 3.8) is 0 Å². The highest BCUT2D eigenvalue weighted by Gasteiger charge is 2.18. The van der Waals surface area contributed by atoms with Crippen LogP contribution in [0.1, 0.15) is 27.8 Å². The minimum Gasteiger partial charge on any atom is -0.444 e. The van der Waals surface area contributed by atoms with Crippen molar-refractivity contribution in [3.8, 4) is 0 Å². The second kappa shape index (κ2) is 9.16. The van der Waals surface area contributed by atoms with Crippen LogP contribution in [0.5, 0.6) is 0 Å². The highest BCUT2D eigenvalue weighted by Crippen LogP contribution is 2.17. The Bertz CT molecular complexity index is 802. The van der Waals surface area contributed by atoms with Crippen molar-refractivity contribution in [2.24, 2.45) is 0 Å². The molecule has 0 saturated carbocycles. The molecule has 0 aliphatic carbocycles. The lowest BCUT2D eigenvalue weighted by Crippen LogP contribution is -2.47. The van der Waals surface area contributed by atoms with E-state index in [2.05, 4.69) is 38.4 Å². The number of nitrogens with one attached hydrogen (secondary N) is 2. The molecule has 144 valence electrons. The van der Waals surface area contributed by atoms with Crippen molar-refractivity contribution < 1.29 is 18.7 Å². The highest BCUT2D eigenvalue weighted by molar-refractivity contribution is 9.10. The number of hydrogen-bond donors (Lipinski definition) is 2. The Kier molecular flexibility index (Phi) is 6.65. The largest absolute Gasteiger partial charge is 0.444 e. The fourth-order valence-corrected chi connectivity index (χ4v) is 3.16. The molecule has 1 atom stereocenters. The molecule has 0 spiro atoms. The van der Waals surface area contributed by atoms with Crippen LogP contribution in [0.4, 0.5) is 5.69 Å².